The summed E-state index contributed by atoms with van der Waals surface area (Å²) in [6.07, 6.45) is 8.62. The Morgan fingerprint density at radius 1 is 1.32 bits per heavy atom. The molecule has 3 aliphatic rings. The van der Waals surface area contributed by atoms with E-state index in [0.29, 0.717) is 17.9 Å². The molecule has 5 nitrogen and oxygen atoms in total. The maximum absolute atomic E-state index is 13.1. The highest BCUT2D eigenvalue weighted by Crippen LogP contribution is 2.46. The van der Waals surface area contributed by atoms with Gasteiger partial charge < -0.3 is 10.2 Å². The quantitative estimate of drug-likeness (QED) is 0.904. The average molecular weight is 302 g/mol. The number of aryl methyl sites for hydroxylation is 1. The molecule has 2 aliphatic heterocycles. The lowest BCUT2D eigenvalue weighted by Gasteiger charge is -2.38. The molecule has 1 aromatic heterocycles. The van der Waals surface area contributed by atoms with Crippen molar-refractivity contribution in [3.63, 3.8) is 0 Å². The van der Waals surface area contributed by atoms with E-state index in [0.717, 1.165) is 45.3 Å². The standard InChI is InChI=1S/C17H26N4O/c1-20-10-6-14(19-20)13-4-11-21(12-5-13)16(22)17-7-2-3-15(17)18-9-8-17/h6,10,13,15,18H,2-5,7-9,11-12H2,1H3/t15-,17+/m1/s1. The predicted octanol–water partition coefficient (Wildman–Crippen LogP) is 1.66. The lowest BCUT2D eigenvalue weighted by molar-refractivity contribution is -0.143. The van der Waals surface area contributed by atoms with Crippen LogP contribution in [0.1, 0.15) is 50.1 Å². The molecule has 2 atom stereocenters. The number of likely N-dealkylation sites (tertiary alicyclic amines) is 1. The molecule has 5 heteroatoms. The fourth-order valence-corrected chi connectivity index (χ4v) is 4.85. The molecule has 4 rings (SSSR count). The van der Waals surface area contributed by atoms with Gasteiger partial charge in [0, 0.05) is 38.3 Å². The van der Waals surface area contributed by atoms with Crippen molar-refractivity contribution in [2.75, 3.05) is 19.6 Å². The third-order valence-electron chi connectivity index (χ3n) is 6.11. The Bertz CT molecular complexity index is 549. The van der Waals surface area contributed by atoms with Gasteiger partial charge in [0.05, 0.1) is 11.1 Å². The number of nitrogens with zero attached hydrogens (tertiary/aromatic N) is 3. The zero-order valence-corrected chi connectivity index (χ0v) is 13.4. The van der Waals surface area contributed by atoms with Crippen LogP contribution in [0.4, 0.5) is 0 Å². The molecule has 22 heavy (non-hydrogen) atoms. The first kappa shape index (κ1) is 14.2. The zero-order valence-electron chi connectivity index (χ0n) is 13.4. The van der Waals surface area contributed by atoms with Gasteiger partial charge in [0.1, 0.15) is 0 Å². The molecule has 0 aromatic carbocycles. The van der Waals surface area contributed by atoms with Crippen LogP contribution in [0.25, 0.3) is 0 Å². The molecule has 1 aliphatic carbocycles. The van der Waals surface area contributed by atoms with Crippen LogP contribution >= 0.6 is 0 Å². The Morgan fingerprint density at radius 2 is 2.14 bits per heavy atom. The van der Waals surface area contributed by atoms with Crippen LogP contribution < -0.4 is 5.32 Å². The molecule has 0 bridgehead atoms. The van der Waals surface area contributed by atoms with Gasteiger partial charge in [-0.2, -0.15) is 5.10 Å². The van der Waals surface area contributed by atoms with E-state index in [1.165, 1.54) is 18.5 Å². The number of carbonyl (C=O) groups excluding carboxylic acids is 1. The summed E-state index contributed by atoms with van der Waals surface area (Å²) in [6.45, 7) is 2.81. The third-order valence-corrected chi connectivity index (χ3v) is 6.11. The minimum atomic E-state index is -0.0716. The van der Waals surface area contributed by atoms with Crippen LogP contribution in [-0.2, 0) is 11.8 Å². The molecule has 0 spiro atoms. The summed E-state index contributed by atoms with van der Waals surface area (Å²) in [7, 11) is 1.97. The van der Waals surface area contributed by atoms with Gasteiger partial charge in [0.2, 0.25) is 5.91 Å². The van der Waals surface area contributed by atoms with E-state index in [-0.39, 0.29) is 5.41 Å². The van der Waals surface area contributed by atoms with Crippen molar-refractivity contribution in [1.82, 2.24) is 20.0 Å². The van der Waals surface area contributed by atoms with Crippen LogP contribution in [0.15, 0.2) is 12.3 Å². The van der Waals surface area contributed by atoms with Crippen LogP contribution in [0.5, 0.6) is 0 Å². The number of aromatic nitrogens is 2. The topological polar surface area (TPSA) is 50.2 Å². The van der Waals surface area contributed by atoms with Crippen molar-refractivity contribution >= 4 is 5.91 Å². The predicted molar refractivity (Wildman–Crippen MR) is 84.5 cm³/mol. The van der Waals surface area contributed by atoms with Crippen molar-refractivity contribution < 1.29 is 4.79 Å². The van der Waals surface area contributed by atoms with Gasteiger partial charge in [-0.25, -0.2) is 0 Å². The molecule has 1 amide bonds. The van der Waals surface area contributed by atoms with Crippen LogP contribution in [0, 0.1) is 5.41 Å². The average Bonchev–Trinajstić information content (AvgIpc) is 3.21. The first-order valence-electron chi connectivity index (χ1n) is 8.71. The number of fused-ring (bicyclic) bond motifs is 1. The van der Waals surface area contributed by atoms with E-state index in [9.17, 15) is 4.79 Å². The summed E-state index contributed by atoms with van der Waals surface area (Å²) in [5, 5.41) is 8.09. The van der Waals surface area contributed by atoms with E-state index < -0.39 is 0 Å². The SMILES string of the molecule is Cn1ccc(C2CCN(C(=O)[C@]34CCC[C@H]3NCC4)CC2)n1. The molecule has 3 heterocycles. The van der Waals surface area contributed by atoms with E-state index in [4.69, 9.17) is 0 Å². The number of rotatable bonds is 2. The Hall–Kier alpha value is -1.36. The van der Waals surface area contributed by atoms with Gasteiger partial charge in [-0.3, -0.25) is 9.48 Å². The maximum atomic E-state index is 13.1. The molecule has 3 fully saturated rings. The molecule has 0 radical (unpaired) electrons. The van der Waals surface area contributed by atoms with E-state index in [1.807, 2.05) is 17.9 Å². The Morgan fingerprint density at radius 3 is 2.86 bits per heavy atom. The molecule has 1 saturated carbocycles. The second kappa shape index (κ2) is 5.37. The van der Waals surface area contributed by atoms with E-state index in [2.05, 4.69) is 21.4 Å². The Kier molecular flexibility index (Phi) is 3.48. The van der Waals surface area contributed by atoms with Gasteiger partial charge in [0.15, 0.2) is 0 Å². The normalized spacial score (nSPS) is 32.4. The fourth-order valence-electron chi connectivity index (χ4n) is 4.85. The van der Waals surface area contributed by atoms with Gasteiger partial charge in [-0.1, -0.05) is 6.42 Å². The Labute approximate surface area is 132 Å². The van der Waals surface area contributed by atoms with E-state index >= 15 is 0 Å². The molecule has 2 saturated heterocycles. The Balaban J connectivity index is 1.42. The zero-order chi connectivity index (χ0) is 15.2. The lowest BCUT2D eigenvalue weighted by Crippen LogP contribution is -2.49. The number of carbonyl (C=O) groups is 1. The molecular weight excluding hydrogens is 276 g/mol. The summed E-state index contributed by atoms with van der Waals surface area (Å²) in [6, 6.07) is 2.56. The highest BCUT2D eigenvalue weighted by Gasteiger charge is 2.53. The van der Waals surface area contributed by atoms with Crippen molar-refractivity contribution in [2.24, 2.45) is 12.5 Å². The molecule has 1 N–H and O–H groups in total. The number of piperidine rings is 1. The van der Waals surface area contributed by atoms with Crippen molar-refractivity contribution in [1.29, 1.82) is 0 Å². The number of hydrogen-bond donors (Lipinski definition) is 1. The minimum Gasteiger partial charge on any atom is -0.342 e. The number of amides is 1. The molecule has 120 valence electrons. The maximum Gasteiger partial charge on any atom is 0.230 e. The van der Waals surface area contributed by atoms with Gasteiger partial charge in [-0.15, -0.1) is 0 Å². The van der Waals surface area contributed by atoms with Crippen LogP contribution in [-0.4, -0.2) is 46.3 Å². The summed E-state index contributed by atoms with van der Waals surface area (Å²) in [5.41, 5.74) is 1.12. The summed E-state index contributed by atoms with van der Waals surface area (Å²) in [4.78, 5) is 15.3. The van der Waals surface area contributed by atoms with Crippen molar-refractivity contribution in [3.8, 4) is 0 Å². The van der Waals surface area contributed by atoms with Gasteiger partial charge in [-0.05, 0) is 44.7 Å². The highest BCUT2D eigenvalue weighted by molar-refractivity contribution is 5.84. The highest BCUT2D eigenvalue weighted by atomic mass is 16.2. The second-order valence-electron chi connectivity index (χ2n) is 7.29. The first-order valence-corrected chi connectivity index (χ1v) is 8.71. The second-order valence-corrected chi connectivity index (χ2v) is 7.29. The van der Waals surface area contributed by atoms with Crippen molar-refractivity contribution in [3.05, 3.63) is 18.0 Å². The monoisotopic (exact) mass is 302 g/mol. The van der Waals surface area contributed by atoms with Crippen LogP contribution in [0.2, 0.25) is 0 Å². The molecule has 0 unspecified atom stereocenters. The summed E-state index contributed by atoms with van der Waals surface area (Å²) >= 11 is 0. The fraction of sp³-hybridized carbons (Fsp3) is 0.765. The summed E-state index contributed by atoms with van der Waals surface area (Å²) in [5.74, 6) is 0.947. The van der Waals surface area contributed by atoms with Gasteiger partial charge in [0.25, 0.3) is 0 Å². The minimum absolute atomic E-state index is 0.0716. The first-order chi connectivity index (χ1) is 10.7. The lowest BCUT2D eigenvalue weighted by atomic mass is 9.80. The number of nitrogens with one attached hydrogen (secondary N) is 1. The van der Waals surface area contributed by atoms with Crippen molar-refractivity contribution in [2.45, 2.75) is 50.5 Å². The molecular formula is C17H26N4O. The largest absolute Gasteiger partial charge is 0.342 e. The number of hydrogen-bond acceptors (Lipinski definition) is 3. The van der Waals surface area contributed by atoms with Gasteiger partial charge >= 0.3 is 0 Å². The van der Waals surface area contributed by atoms with Crippen LogP contribution in [0.3, 0.4) is 0 Å². The smallest absolute Gasteiger partial charge is 0.230 e. The molecule has 1 aromatic rings. The van der Waals surface area contributed by atoms with E-state index in [1.54, 1.807) is 0 Å². The summed E-state index contributed by atoms with van der Waals surface area (Å²) < 4.78 is 1.87. The third kappa shape index (κ3) is 2.18.